The van der Waals surface area contributed by atoms with Crippen LogP contribution in [0.3, 0.4) is 0 Å². The van der Waals surface area contributed by atoms with Crippen molar-refractivity contribution in [2.24, 2.45) is 0 Å². The molecular formula is C15H4F17NO. The first-order valence-electron chi connectivity index (χ1n) is 7.90. The molecule has 1 fully saturated rings. The van der Waals surface area contributed by atoms with Gasteiger partial charge in [-0.1, -0.05) is 0 Å². The van der Waals surface area contributed by atoms with Gasteiger partial charge in [0.1, 0.15) is 0 Å². The van der Waals surface area contributed by atoms with E-state index in [1.807, 2.05) is 0 Å². The molecule has 0 bridgehead atoms. The second kappa shape index (κ2) is 7.02. The summed E-state index contributed by atoms with van der Waals surface area (Å²) in [5.74, 6) is -42.5. The Kier molecular flexibility index (Phi) is 5.73. The van der Waals surface area contributed by atoms with Crippen LogP contribution < -0.4 is 5.32 Å². The Morgan fingerprint density at radius 1 is 0.559 bits per heavy atom. The molecule has 19 heteroatoms. The Balaban J connectivity index is 2.74. The molecule has 2 nitrogen and oxygen atoms in total. The summed E-state index contributed by atoms with van der Waals surface area (Å²) in [5, 5.41) is 0.206. The van der Waals surface area contributed by atoms with Gasteiger partial charge in [-0.05, 0) is 18.2 Å². The van der Waals surface area contributed by atoms with Gasteiger partial charge in [-0.3, -0.25) is 4.79 Å². The summed E-state index contributed by atoms with van der Waals surface area (Å²) >= 11 is 0. The molecule has 0 aliphatic heterocycles. The van der Waals surface area contributed by atoms with Crippen LogP contribution in [0.5, 0.6) is 0 Å². The van der Waals surface area contributed by atoms with E-state index >= 15 is 0 Å². The number of amides is 1. The molecule has 1 amide bonds. The quantitative estimate of drug-likeness (QED) is 0.426. The number of rotatable bonds is 2. The molecule has 1 aliphatic carbocycles. The van der Waals surface area contributed by atoms with Crippen LogP contribution in [0, 0.1) is 0 Å². The second-order valence-corrected chi connectivity index (χ2v) is 6.78. The van der Waals surface area contributed by atoms with Crippen LogP contribution in [-0.2, 0) is 17.1 Å². The monoisotopic (exact) mass is 537 g/mol. The Labute approximate surface area is 174 Å². The molecule has 0 spiro atoms. The molecule has 0 heterocycles. The van der Waals surface area contributed by atoms with E-state index in [0.717, 1.165) is 0 Å². The molecule has 1 aliphatic rings. The van der Waals surface area contributed by atoms with Gasteiger partial charge in [-0.2, -0.15) is 70.2 Å². The molecular weight excluding hydrogens is 533 g/mol. The maximum atomic E-state index is 14.6. The van der Waals surface area contributed by atoms with Crippen molar-refractivity contribution in [1.82, 2.24) is 0 Å². The first-order valence-corrected chi connectivity index (χ1v) is 7.90. The van der Waals surface area contributed by atoms with Crippen molar-refractivity contribution < 1.29 is 79.4 Å². The highest BCUT2D eigenvalue weighted by atomic mass is 19.4. The number of nitrogens with one attached hydrogen (secondary N) is 1. The fourth-order valence-corrected chi connectivity index (χ4v) is 2.75. The lowest BCUT2D eigenvalue weighted by atomic mass is 9.71. The molecule has 1 aromatic carbocycles. The molecule has 1 aromatic rings. The van der Waals surface area contributed by atoms with Crippen LogP contribution in [0.1, 0.15) is 11.1 Å². The minimum Gasteiger partial charge on any atom is -0.323 e. The van der Waals surface area contributed by atoms with Crippen LogP contribution in [0.2, 0.25) is 0 Å². The van der Waals surface area contributed by atoms with Gasteiger partial charge in [0, 0.05) is 5.69 Å². The molecule has 194 valence electrons. The van der Waals surface area contributed by atoms with Crippen LogP contribution in [0.15, 0.2) is 18.2 Å². The molecule has 1 saturated carbocycles. The maximum Gasteiger partial charge on any atom is 0.416 e. The normalized spacial score (nSPS) is 24.4. The standard InChI is InChI=1S/C15H4F17NO/c16-8(11(23,24)13(27,28)15(31,32)14(29,30)12(8,25)26)7(34)33-6-2-4(9(17,18)19)1-5(3-6)10(20,21)22/h1-3H,(H,33,34). The van der Waals surface area contributed by atoms with E-state index in [1.165, 1.54) is 0 Å². The maximum absolute atomic E-state index is 14.6. The van der Waals surface area contributed by atoms with Gasteiger partial charge in [-0.25, -0.2) is 4.39 Å². The first-order chi connectivity index (χ1) is 14.7. The third-order valence-electron chi connectivity index (χ3n) is 4.60. The summed E-state index contributed by atoms with van der Waals surface area (Å²) in [6.07, 6.45) is -11.5. The zero-order chi connectivity index (χ0) is 27.1. The lowest BCUT2D eigenvalue weighted by molar-refractivity contribution is -0.475. The number of carbonyl (C=O) groups excluding carboxylic acids is 1. The van der Waals surface area contributed by atoms with E-state index in [2.05, 4.69) is 0 Å². The highest BCUT2D eigenvalue weighted by Crippen LogP contribution is 2.69. The van der Waals surface area contributed by atoms with Gasteiger partial charge in [0.25, 0.3) is 5.91 Å². The molecule has 34 heavy (non-hydrogen) atoms. The molecule has 0 saturated heterocycles. The zero-order valence-corrected chi connectivity index (χ0v) is 15.1. The van der Waals surface area contributed by atoms with Gasteiger partial charge >= 0.3 is 47.6 Å². The first kappa shape index (κ1) is 27.7. The molecule has 0 atom stereocenters. The van der Waals surface area contributed by atoms with Gasteiger partial charge in [0.15, 0.2) is 0 Å². The van der Waals surface area contributed by atoms with Crippen molar-refractivity contribution >= 4 is 11.6 Å². The second-order valence-electron chi connectivity index (χ2n) is 6.78. The summed E-state index contributed by atoms with van der Waals surface area (Å²) in [6, 6.07) is -1.92. The van der Waals surface area contributed by atoms with Crippen molar-refractivity contribution in [1.29, 1.82) is 0 Å². The predicted molar refractivity (Wildman–Crippen MR) is 73.6 cm³/mol. The van der Waals surface area contributed by atoms with Gasteiger partial charge in [-0.15, -0.1) is 0 Å². The van der Waals surface area contributed by atoms with Crippen LogP contribution in [0.25, 0.3) is 0 Å². The predicted octanol–water partition coefficient (Wildman–Crippen LogP) is 6.56. The average Bonchev–Trinajstić information content (AvgIpc) is 2.63. The number of alkyl halides is 17. The van der Waals surface area contributed by atoms with Crippen molar-refractivity contribution in [3.63, 3.8) is 0 Å². The molecule has 2 rings (SSSR count). The van der Waals surface area contributed by atoms with Crippen molar-refractivity contribution in [2.45, 2.75) is 47.6 Å². The number of halogens is 17. The summed E-state index contributed by atoms with van der Waals surface area (Å²) < 4.78 is 226. The summed E-state index contributed by atoms with van der Waals surface area (Å²) in [5.41, 5.74) is -14.2. The Hall–Kier alpha value is -2.50. The van der Waals surface area contributed by atoms with E-state index in [-0.39, 0.29) is 5.32 Å². The summed E-state index contributed by atoms with van der Waals surface area (Å²) in [7, 11) is 0. The zero-order valence-electron chi connectivity index (χ0n) is 15.1. The summed E-state index contributed by atoms with van der Waals surface area (Å²) in [4.78, 5) is 11.7. The number of benzene rings is 1. The average molecular weight is 537 g/mol. The molecule has 0 unspecified atom stereocenters. The fourth-order valence-electron chi connectivity index (χ4n) is 2.75. The smallest absolute Gasteiger partial charge is 0.323 e. The van der Waals surface area contributed by atoms with Crippen molar-refractivity contribution in [3.05, 3.63) is 29.3 Å². The molecule has 0 radical (unpaired) electrons. The van der Waals surface area contributed by atoms with Gasteiger partial charge in [0.2, 0.25) is 0 Å². The van der Waals surface area contributed by atoms with Crippen molar-refractivity contribution in [2.75, 3.05) is 5.32 Å². The Morgan fingerprint density at radius 3 is 1.15 bits per heavy atom. The van der Waals surface area contributed by atoms with Crippen molar-refractivity contribution in [3.8, 4) is 0 Å². The third kappa shape index (κ3) is 3.28. The van der Waals surface area contributed by atoms with Crippen LogP contribution in [-0.4, -0.2) is 41.2 Å². The topological polar surface area (TPSA) is 29.1 Å². The Bertz CT molecular complexity index is 927. The highest BCUT2D eigenvalue weighted by Gasteiger charge is 3.02. The van der Waals surface area contributed by atoms with Crippen LogP contribution in [0.4, 0.5) is 80.3 Å². The van der Waals surface area contributed by atoms with E-state index in [4.69, 9.17) is 0 Å². The number of carbonyl (C=O) groups is 1. The number of anilines is 1. The fraction of sp³-hybridized carbons (Fsp3) is 0.533. The van der Waals surface area contributed by atoms with E-state index in [9.17, 15) is 79.4 Å². The third-order valence-corrected chi connectivity index (χ3v) is 4.60. The minimum absolute atomic E-state index is 0.206. The highest BCUT2D eigenvalue weighted by molar-refractivity contribution is 6.00. The summed E-state index contributed by atoms with van der Waals surface area (Å²) in [6.45, 7) is 0. The molecule has 1 N–H and O–H groups in total. The van der Waals surface area contributed by atoms with Gasteiger partial charge < -0.3 is 5.32 Å². The lowest BCUT2D eigenvalue weighted by Crippen LogP contribution is -2.86. The van der Waals surface area contributed by atoms with E-state index < -0.39 is 88.6 Å². The molecule has 0 aromatic heterocycles. The lowest BCUT2D eigenvalue weighted by Gasteiger charge is -2.51. The largest absolute Gasteiger partial charge is 0.416 e. The van der Waals surface area contributed by atoms with Gasteiger partial charge in [0.05, 0.1) is 11.1 Å². The van der Waals surface area contributed by atoms with E-state index in [1.54, 1.807) is 0 Å². The number of hydrogen-bond acceptors (Lipinski definition) is 1. The van der Waals surface area contributed by atoms with E-state index in [0.29, 0.717) is 0 Å². The van der Waals surface area contributed by atoms with Crippen LogP contribution >= 0.6 is 0 Å². The number of hydrogen-bond donors (Lipinski definition) is 1. The Morgan fingerprint density at radius 2 is 0.853 bits per heavy atom. The SMILES string of the molecule is O=C(Nc1cc(C(F)(F)F)cc(C(F)(F)F)c1)C1(F)C(F)(F)C(F)(F)C(F)(F)C(F)(F)C1(F)F. The minimum atomic E-state index is -7.71.